The highest BCUT2D eigenvalue weighted by molar-refractivity contribution is 7.11. The Bertz CT molecular complexity index is 783. The van der Waals surface area contributed by atoms with E-state index < -0.39 is 0 Å². The molecule has 3 heterocycles. The van der Waals surface area contributed by atoms with Crippen molar-refractivity contribution in [3.8, 4) is 0 Å². The molecule has 1 aliphatic rings. The van der Waals surface area contributed by atoms with Crippen LogP contribution in [0.4, 0.5) is 0 Å². The zero-order chi connectivity index (χ0) is 19.2. The van der Waals surface area contributed by atoms with Crippen molar-refractivity contribution in [2.45, 2.75) is 46.1 Å². The molecule has 0 spiro atoms. The molecule has 1 atom stereocenters. The predicted octanol–water partition coefficient (Wildman–Crippen LogP) is 2.87. The Kier molecular flexibility index (Phi) is 6.66. The smallest absolute Gasteiger partial charge is 0.274 e. The van der Waals surface area contributed by atoms with E-state index in [1.807, 2.05) is 18.0 Å². The van der Waals surface area contributed by atoms with Gasteiger partial charge >= 0.3 is 0 Å². The van der Waals surface area contributed by atoms with Crippen LogP contribution in [0.3, 0.4) is 0 Å². The summed E-state index contributed by atoms with van der Waals surface area (Å²) < 4.78 is 1.76. The standard InChI is InChI=1S/C20H28N4O2S/c1-3-24-12-9-18(22-24)20(26)23-11-4-5-16(14-23)13-19(25)21-10-8-17-7-6-15(2)27-17/h6-7,9,12,16H,3-5,8,10-11,13-14H2,1-2H3,(H,21,25)/t16-/m0/s1. The topological polar surface area (TPSA) is 67.2 Å². The number of nitrogens with one attached hydrogen (secondary N) is 1. The number of carbonyl (C=O) groups is 2. The number of aromatic nitrogens is 2. The van der Waals surface area contributed by atoms with Gasteiger partial charge in [-0.1, -0.05) is 0 Å². The molecule has 0 aliphatic carbocycles. The lowest BCUT2D eigenvalue weighted by Gasteiger charge is -2.32. The Hall–Kier alpha value is -2.15. The van der Waals surface area contributed by atoms with Gasteiger partial charge in [0.2, 0.25) is 5.91 Å². The number of thiophene rings is 1. The van der Waals surface area contributed by atoms with Gasteiger partial charge in [-0.25, -0.2) is 0 Å². The number of hydrogen-bond donors (Lipinski definition) is 1. The molecule has 7 heteroatoms. The van der Waals surface area contributed by atoms with Crippen LogP contribution in [0.5, 0.6) is 0 Å². The Morgan fingerprint density at radius 3 is 2.89 bits per heavy atom. The number of carbonyl (C=O) groups excluding carboxylic acids is 2. The van der Waals surface area contributed by atoms with Gasteiger partial charge in [0.05, 0.1) is 0 Å². The quantitative estimate of drug-likeness (QED) is 0.793. The third kappa shape index (κ3) is 5.42. The molecule has 1 aliphatic heterocycles. The molecule has 0 unspecified atom stereocenters. The van der Waals surface area contributed by atoms with Crippen molar-refractivity contribution in [1.29, 1.82) is 0 Å². The van der Waals surface area contributed by atoms with Gasteiger partial charge < -0.3 is 10.2 Å². The van der Waals surface area contributed by atoms with Crippen LogP contribution in [0.1, 0.15) is 46.4 Å². The summed E-state index contributed by atoms with van der Waals surface area (Å²) in [5.41, 5.74) is 0.494. The summed E-state index contributed by atoms with van der Waals surface area (Å²) in [7, 11) is 0. The summed E-state index contributed by atoms with van der Waals surface area (Å²) in [4.78, 5) is 29.4. The monoisotopic (exact) mass is 388 g/mol. The molecule has 0 saturated carbocycles. The lowest BCUT2D eigenvalue weighted by Crippen LogP contribution is -2.41. The van der Waals surface area contributed by atoms with Crippen LogP contribution < -0.4 is 5.32 Å². The maximum absolute atomic E-state index is 12.6. The minimum Gasteiger partial charge on any atom is -0.356 e. The molecule has 2 amide bonds. The van der Waals surface area contributed by atoms with E-state index in [9.17, 15) is 9.59 Å². The fourth-order valence-electron chi connectivity index (χ4n) is 3.51. The average Bonchev–Trinajstić information content (AvgIpc) is 3.30. The zero-order valence-electron chi connectivity index (χ0n) is 16.1. The Morgan fingerprint density at radius 1 is 1.33 bits per heavy atom. The molecule has 6 nitrogen and oxygen atoms in total. The molecule has 0 aromatic carbocycles. The Balaban J connectivity index is 1.44. The number of amides is 2. The van der Waals surface area contributed by atoms with Crippen molar-refractivity contribution < 1.29 is 9.59 Å². The first-order valence-corrected chi connectivity index (χ1v) is 10.5. The van der Waals surface area contributed by atoms with E-state index in [2.05, 4.69) is 29.5 Å². The highest BCUT2D eigenvalue weighted by Crippen LogP contribution is 2.21. The molecular weight excluding hydrogens is 360 g/mol. The van der Waals surface area contributed by atoms with E-state index in [-0.39, 0.29) is 17.7 Å². The highest BCUT2D eigenvalue weighted by Gasteiger charge is 2.27. The van der Waals surface area contributed by atoms with Gasteiger partial charge in [0, 0.05) is 48.6 Å². The van der Waals surface area contributed by atoms with Crippen LogP contribution in [0, 0.1) is 12.8 Å². The lowest BCUT2D eigenvalue weighted by molar-refractivity contribution is -0.122. The van der Waals surface area contributed by atoms with Gasteiger partial charge in [0.25, 0.3) is 5.91 Å². The SMILES string of the molecule is CCn1ccc(C(=O)N2CCC[C@@H](CC(=O)NCCc3ccc(C)s3)C2)n1. The van der Waals surface area contributed by atoms with Crippen molar-refractivity contribution in [2.75, 3.05) is 19.6 Å². The summed E-state index contributed by atoms with van der Waals surface area (Å²) in [6.07, 6.45) is 5.12. The fourth-order valence-corrected chi connectivity index (χ4v) is 4.40. The third-order valence-electron chi connectivity index (χ3n) is 4.95. The first kappa shape index (κ1) is 19.6. The van der Waals surface area contributed by atoms with Crippen LogP contribution in [0.15, 0.2) is 24.4 Å². The van der Waals surface area contributed by atoms with Crippen LogP contribution >= 0.6 is 11.3 Å². The maximum atomic E-state index is 12.6. The summed E-state index contributed by atoms with van der Waals surface area (Å²) in [6.45, 7) is 6.89. The largest absolute Gasteiger partial charge is 0.356 e. The fraction of sp³-hybridized carbons (Fsp3) is 0.550. The number of aryl methyl sites for hydroxylation is 2. The summed E-state index contributed by atoms with van der Waals surface area (Å²) in [5.74, 6) is 0.276. The average molecular weight is 389 g/mol. The van der Waals surface area contributed by atoms with Gasteiger partial charge in [-0.15, -0.1) is 11.3 Å². The van der Waals surface area contributed by atoms with E-state index >= 15 is 0 Å². The van der Waals surface area contributed by atoms with Gasteiger partial charge in [0.15, 0.2) is 0 Å². The number of nitrogens with zero attached hydrogens (tertiary/aromatic N) is 3. The van der Waals surface area contributed by atoms with Crippen molar-refractivity contribution in [3.05, 3.63) is 39.8 Å². The molecule has 0 bridgehead atoms. The maximum Gasteiger partial charge on any atom is 0.274 e. The van der Waals surface area contributed by atoms with Crippen LogP contribution in [-0.2, 0) is 17.8 Å². The summed E-state index contributed by atoms with van der Waals surface area (Å²) in [5, 5.41) is 7.33. The summed E-state index contributed by atoms with van der Waals surface area (Å²) in [6, 6.07) is 6.00. The van der Waals surface area contributed by atoms with Crippen molar-refractivity contribution >= 4 is 23.2 Å². The second kappa shape index (κ2) is 9.17. The Labute approximate surface area is 164 Å². The zero-order valence-corrected chi connectivity index (χ0v) is 16.9. The second-order valence-electron chi connectivity index (χ2n) is 7.13. The normalized spacial score (nSPS) is 17.1. The second-order valence-corrected chi connectivity index (χ2v) is 8.50. The number of rotatable bonds is 7. The van der Waals surface area contributed by atoms with Crippen LogP contribution in [-0.4, -0.2) is 46.1 Å². The van der Waals surface area contributed by atoms with Gasteiger partial charge in [0.1, 0.15) is 5.69 Å². The van der Waals surface area contributed by atoms with Gasteiger partial charge in [-0.3, -0.25) is 14.3 Å². The molecule has 3 rings (SSSR count). The first-order valence-electron chi connectivity index (χ1n) is 9.70. The predicted molar refractivity (Wildman–Crippen MR) is 107 cm³/mol. The van der Waals surface area contributed by atoms with Gasteiger partial charge in [-0.2, -0.15) is 5.10 Å². The molecule has 146 valence electrons. The van der Waals surface area contributed by atoms with E-state index in [0.29, 0.717) is 25.2 Å². The molecule has 0 radical (unpaired) electrons. The summed E-state index contributed by atoms with van der Waals surface area (Å²) >= 11 is 1.78. The van der Waals surface area contributed by atoms with E-state index in [1.54, 1.807) is 22.1 Å². The number of likely N-dealkylation sites (tertiary alicyclic amines) is 1. The molecule has 1 fully saturated rings. The van der Waals surface area contributed by atoms with E-state index in [0.717, 1.165) is 32.4 Å². The molecular formula is C20H28N4O2S. The lowest BCUT2D eigenvalue weighted by atomic mass is 9.94. The first-order chi connectivity index (χ1) is 13.0. The number of piperidine rings is 1. The molecule has 1 N–H and O–H groups in total. The van der Waals surface area contributed by atoms with E-state index in [4.69, 9.17) is 0 Å². The molecule has 2 aromatic rings. The minimum absolute atomic E-state index is 0.0274. The third-order valence-corrected chi connectivity index (χ3v) is 6.01. The molecule has 1 saturated heterocycles. The van der Waals surface area contributed by atoms with Crippen LogP contribution in [0.25, 0.3) is 0 Å². The van der Waals surface area contributed by atoms with E-state index in [1.165, 1.54) is 9.75 Å². The van der Waals surface area contributed by atoms with Crippen molar-refractivity contribution in [1.82, 2.24) is 20.0 Å². The molecule has 27 heavy (non-hydrogen) atoms. The highest BCUT2D eigenvalue weighted by atomic mass is 32.1. The minimum atomic E-state index is -0.0274. The Morgan fingerprint density at radius 2 is 2.19 bits per heavy atom. The van der Waals surface area contributed by atoms with Crippen LogP contribution in [0.2, 0.25) is 0 Å². The van der Waals surface area contributed by atoms with Crippen molar-refractivity contribution in [2.24, 2.45) is 5.92 Å². The number of hydrogen-bond acceptors (Lipinski definition) is 4. The molecule has 2 aromatic heterocycles. The van der Waals surface area contributed by atoms with Crippen molar-refractivity contribution in [3.63, 3.8) is 0 Å². The van der Waals surface area contributed by atoms with Gasteiger partial charge in [-0.05, 0) is 57.2 Å².